The molecule has 264 valence electrons. The largest absolute Gasteiger partial charge is 0.484 e. The van der Waals surface area contributed by atoms with E-state index in [-0.39, 0.29) is 18.4 Å². The molecule has 1 saturated carbocycles. The molecule has 3 aromatic carbocycles. The van der Waals surface area contributed by atoms with Crippen LogP contribution in [0.5, 0.6) is 11.5 Å². The van der Waals surface area contributed by atoms with E-state index in [1.54, 1.807) is 12.1 Å². The number of ether oxygens (including phenoxy) is 2. The summed E-state index contributed by atoms with van der Waals surface area (Å²) < 4.78 is 128. The number of sulfonamides is 1. The van der Waals surface area contributed by atoms with E-state index in [4.69, 9.17) is 0 Å². The van der Waals surface area contributed by atoms with Gasteiger partial charge in [0, 0.05) is 30.2 Å². The standard InChI is InChI=1S/C32H32F7N5O4S/c33-22-4-3-5-23(14-22)42-29-25-6-1-2-7-26(25)43-30(44-29)40-16-20-8-10-21(11-9-20)17-41-49(45,46)28-15-24(47-18-31(34,35)36)12-13-27(28)48-19-32(37,38)39/h1-7,12-15,20-21,41H,8-11,16-19H2,(H2,40,42,43,44). The van der Waals surface area contributed by atoms with E-state index in [0.717, 1.165) is 30.4 Å². The summed E-state index contributed by atoms with van der Waals surface area (Å²) in [7, 11) is -4.50. The van der Waals surface area contributed by atoms with Gasteiger partial charge in [-0.3, -0.25) is 0 Å². The molecule has 4 aromatic rings. The van der Waals surface area contributed by atoms with Crippen LogP contribution in [-0.2, 0) is 10.0 Å². The Morgan fingerprint density at radius 2 is 1.45 bits per heavy atom. The van der Waals surface area contributed by atoms with Gasteiger partial charge in [0.05, 0.1) is 5.52 Å². The summed E-state index contributed by atoms with van der Waals surface area (Å²) in [5, 5.41) is 7.16. The van der Waals surface area contributed by atoms with Crippen LogP contribution in [0, 0.1) is 17.7 Å². The van der Waals surface area contributed by atoms with Gasteiger partial charge in [0.1, 0.15) is 28.0 Å². The molecule has 1 heterocycles. The second-order valence-electron chi connectivity index (χ2n) is 11.6. The minimum Gasteiger partial charge on any atom is -0.484 e. The monoisotopic (exact) mass is 715 g/mol. The number of fused-ring (bicyclic) bond motifs is 1. The molecule has 49 heavy (non-hydrogen) atoms. The van der Waals surface area contributed by atoms with Crippen molar-refractivity contribution in [3.05, 3.63) is 72.5 Å². The van der Waals surface area contributed by atoms with Crippen molar-refractivity contribution in [2.45, 2.75) is 42.9 Å². The molecule has 0 radical (unpaired) electrons. The minimum absolute atomic E-state index is 0.0439. The van der Waals surface area contributed by atoms with Gasteiger partial charge in [0.25, 0.3) is 0 Å². The smallest absolute Gasteiger partial charge is 0.422 e. The number of hydrogen-bond acceptors (Lipinski definition) is 8. The predicted molar refractivity (Wildman–Crippen MR) is 168 cm³/mol. The maximum Gasteiger partial charge on any atom is 0.422 e. The Labute approximate surface area is 277 Å². The van der Waals surface area contributed by atoms with Gasteiger partial charge < -0.3 is 20.1 Å². The summed E-state index contributed by atoms with van der Waals surface area (Å²) in [6.07, 6.45) is -6.79. The topological polar surface area (TPSA) is 114 Å². The zero-order chi connectivity index (χ0) is 35.2. The Balaban J connectivity index is 1.18. The lowest BCUT2D eigenvalue weighted by Gasteiger charge is -2.29. The van der Waals surface area contributed by atoms with Gasteiger partial charge in [-0.15, -0.1) is 0 Å². The predicted octanol–water partition coefficient (Wildman–Crippen LogP) is 7.59. The summed E-state index contributed by atoms with van der Waals surface area (Å²) in [6.45, 7) is -3.04. The molecule has 0 amide bonds. The molecule has 0 spiro atoms. The van der Waals surface area contributed by atoms with Crippen LogP contribution >= 0.6 is 0 Å². The molecule has 1 fully saturated rings. The van der Waals surface area contributed by atoms with Crippen molar-refractivity contribution in [2.24, 2.45) is 11.8 Å². The highest BCUT2D eigenvalue weighted by Gasteiger charge is 2.32. The molecule has 17 heteroatoms. The van der Waals surface area contributed by atoms with E-state index < -0.39 is 57.8 Å². The first-order valence-electron chi connectivity index (χ1n) is 15.2. The fourth-order valence-corrected chi connectivity index (χ4v) is 6.64. The van der Waals surface area contributed by atoms with Crippen molar-refractivity contribution in [2.75, 3.05) is 36.9 Å². The van der Waals surface area contributed by atoms with Crippen LogP contribution in [0.2, 0.25) is 0 Å². The van der Waals surface area contributed by atoms with Crippen LogP contribution in [0.3, 0.4) is 0 Å². The van der Waals surface area contributed by atoms with Crippen molar-refractivity contribution in [1.82, 2.24) is 14.7 Å². The summed E-state index contributed by atoms with van der Waals surface area (Å²) in [5.74, 6) is -0.604. The molecule has 0 saturated heterocycles. The molecule has 0 aliphatic heterocycles. The van der Waals surface area contributed by atoms with Crippen molar-refractivity contribution < 1.29 is 48.6 Å². The highest BCUT2D eigenvalue weighted by Crippen LogP contribution is 2.33. The average molecular weight is 716 g/mol. The Hall–Kier alpha value is -4.38. The number of nitrogens with zero attached hydrogens (tertiary/aromatic N) is 2. The summed E-state index contributed by atoms with van der Waals surface area (Å²) in [5.41, 5.74) is 1.20. The van der Waals surface area contributed by atoms with Gasteiger partial charge in [-0.05, 0) is 80.0 Å². The molecule has 1 aromatic heterocycles. The first-order valence-corrected chi connectivity index (χ1v) is 16.7. The third kappa shape index (κ3) is 10.6. The van der Waals surface area contributed by atoms with Crippen molar-refractivity contribution in [3.8, 4) is 11.5 Å². The fraction of sp³-hybridized carbons (Fsp3) is 0.375. The number of aromatic nitrogens is 2. The number of anilines is 3. The van der Waals surface area contributed by atoms with Gasteiger partial charge in [0.15, 0.2) is 13.2 Å². The SMILES string of the molecule is O=S(=O)(NCC1CCC(CNc2nc(Nc3cccc(F)c3)c3ccccc3n2)CC1)c1cc(OCC(F)(F)F)ccc1OCC(F)(F)F. The van der Waals surface area contributed by atoms with Crippen molar-refractivity contribution in [1.29, 1.82) is 0 Å². The van der Waals surface area contributed by atoms with Gasteiger partial charge in [-0.25, -0.2) is 22.5 Å². The number of alkyl halides is 6. The maximum atomic E-state index is 13.8. The number of hydrogen-bond donors (Lipinski definition) is 3. The zero-order valence-electron chi connectivity index (χ0n) is 25.7. The molecule has 1 aliphatic rings. The van der Waals surface area contributed by atoms with Crippen molar-refractivity contribution in [3.63, 3.8) is 0 Å². The highest BCUT2D eigenvalue weighted by atomic mass is 32.2. The molecular weight excluding hydrogens is 683 g/mol. The van der Waals surface area contributed by atoms with Crippen LogP contribution < -0.4 is 24.8 Å². The van der Waals surface area contributed by atoms with E-state index >= 15 is 0 Å². The van der Waals surface area contributed by atoms with Gasteiger partial charge in [-0.2, -0.15) is 31.3 Å². The number of halogens is 7. The maximum absolute atomic E-state index is 13.8. The Morgan fingerprint density at radius 3 is 2.14 bits per heavy atom. The first kappa shape index (κ1) is 35.9. The Morgan fingerprint density at radius 1 is 0.776 bits per heavy atom. The average Bonchev–Trinajstić information content (AvgIpc) is 3.04. The van der Waals surface area contributed by atoms with Gasteiger partial charge >= 0.3 is 12.4 Å². The van der Waals surface area contributed by atoms with Crippen LogP contribution in [0.15, 0.2) is 71.6 Å². The molecule has 0 bridgehead atoms. The van der Waals surface area contributed by atoms with Crippen LogP contribution in [0.4, 0.5) is 48.2 Å². The van der Waals surface area contributed by atoms with E-state index in [1.807, 2.05) is 24.3 Å². The van der Waals surface area contributed by atoms with Crippen LogP contribution in [0.25, 0.3) is 10.9 Å². The minimum atomic E-state index is -4.78. The zero-order valence-corrected chi connectivity index (χ0v) is 26.6. The number of rotatable bonds is 13. The van der Waals surface area contributed by atoms with Crippen molar-refractivity contribution >= 4 is 38.4 Å². The molecule has 1 aliphatic carbocycles. The number of para-hydroxylation sites is 1. The second kappa shape index (κ2) is 15.0. The lowest BCUT2D eigenvalue weighted by Crippen LogP contribution is -2.33. The van der Waals surface area contributed by atoms with Gasteiger partial charge in [0.2, 0.25) is 16.0 Å². The lowest BCUT2D eigenvalue weighted by atomic mass is 9.82. The third-order valence-corrected chi connectivity index (χ3v) is 9.21. The molecule has 9 nitrogen and oxygen atoms in total. The lowest BCUT2D eigenvalue weighted by molar-refractivity contribution is -0.154. The molecule has 0 atom stereocenters. The summed E-state index contributed by atoms with van der Waals surface area (Å²) >= 11 is 0. The summed E-state index contributed by atoms with van der Waals surface area (Å²) in [6, 6.07) is 15.8. The third-order valence-electron chi connectivity index (χ3n) is 7.77. The Kier molecular flexibility index (Phi) is 11.0. The number of nitrogens with one attached hydrogen (secondary N) is 3. The van der Waals surface area contributed by atoms with E-state index in [0.29, 0.717) is 48.4 Å². The van der Waals surface area contributed by atoms with E-state index in [9.17, 15) is 39.2 Å². The Bertz CT molecular complexity index is 1850. The summed E-state index contributed by atoms with van der Waals surface area (Å²) in [4.78, 5) is 8.43. The molecular formula is C32H32F7N5O4S. The normalized spacial score (nSPS) is 17.1. The molecule has 0 unspecified atom stereocenters. The number of benzene rings is 3. The fourth-order valence-electron chi connectivity index (χ4n) is 5.37. The highest BCUT2D eigenvalue weighted by molar-refractivity contribution is 7.89. The molecule has 5 rings (SSSR count). The molecule has 3 N–H and O–H groups in total. The van der Waals surface area contributed by atoms with Crippen LogP contribution in [0.1, 0.15) is 25.7 Å². The van der Waals surface area contributed by atoms with E-state index in [1.165, 1.54) is 12.1 Å². The van der Waals surface area contributed by atoms with Gasteiger partial charge in [-0.1, -0.05) is 18.2 Å². The quantitative estimate of drug-likeness (QED) is 0.121. The first-order chi connectivity index (χ1) is 23.1. The van der Waals surface area contributed by atoms with Crippen LogP contribution in [-0.4, -0.2) is 57.0 Å². The second-order valence-corrected chi connectivity index (χ2v) is 13.3. The van der Waals surface area contributed by atoms with E-state index in [2.05, 4.69) is 34.8 Å².